The van der Waals surface area contributed by atoms with Gasteiger partial charge in [0.15, 0.2) is 0 Å². The molecule has 1 aliphatic rings. The number of methoxy groups -OCH3 is 2. The highest BCUT2D eigenvalue weighted by Crippen LogP contribution is 2.19. The number of nitrogens with zero attached hydrogens (tertiary/aromatic N) is 1. The average molecular weight is 272 g/mol. The third-order valence-corrected chi connectivity index (χ3v) is 3.70. The molecule has 1 fully saturated rings. The van der Waals surface area contributed by atoms with E-state index < -0.39 is 0 Å². The molecule has 4 nitrogen and oxygen atoms in total. The molecule has 1 saturated heterocycles. The summed E-state index contributed by atoms with van der Waals surface area (Å²) < 4.78 is 10.7. The second kappa shape index (κ2) is 8.20. The molecule has 0 aromatic carbocycles. The van der Waals surface area contributed by atoms with E-state index in [0.717, 1.165) is 26.3 Å². The first-order valence-corrected chi connectivity index (χ1v) is 7.43. The summed E-state index contributed by atoms with van der Waals surface area (Å²) in [5.41, 5.74) is 0.160. The summed E-state index contributed by atoms with van der Waals surface area (Å²) in [4.78, 5) is 2.56. The van der Waals surface area contributed by atoms with Gasteiger partial charge < -0.3 is 14.8 Å². The van der Waals surface area contributed by atoms with Gasteiger partial charge in [-0.2, -0.15) is 0 Å². The minimum absolute atomic E-state index is 0.160. The summed E-state index contributed by atoms with van der Waals surface area (Å²) in [5, 5.41) is 3.60. The first-order valence-electron chi connectivity index (χ1n) is 7.43. The van der Waals surface area contributed by atoms with Gasteiger partial charge in [-0.25, -0.2) is 0 Å². The van der Waals surface area contributed by atoms with Gasteiger partial charge in [-0.1, -0.05) is 0 Å². The third kappa shape index (κ3) is 6.70. The maximum Gasteiger partial charge on any atom is 0.0630 e. The molecule has 0 bridgehead atoms. The molecule has 2 atom stereocenters. The molecule has 0 saturated carbocycles. The lowest BCUT2D eigenvalue weighted by Crippen LogP contribution is -2.52. The van der Waals surface area contributed by atoms with Crippen molar-refractivity contribution in [2.45, 2.75) is 45.2 Å². The minimum atomic E-state index is 0.160. The summed E-state index contributed by atoms with van der Waals surface area (Å²) >= 11 is 0. The van der Waals surface area contributed by atoms with E-state index in [4.69, 9.17) is 9.47 Å². The van der Waals surface area contributed by atoms with Crippen LogP contribution in [0.3, 0.4) is 0 Å². The molecule has 19 heavy (non-hydrogen) atoms. The Bertz CT molecular complexity index is 239. The third-order valence-electron chi connectivity index (χ3n) is 3.70. The van der Waals surface area contributed by atoms with E-state index >= 15 is 0 Å². The molecule has 0 amide bonds. The number of nitrogens with one attached hydrogen (secondary N) is 1. The SMILES string of the molecule is COCC1CCCN(C(CNC(C)(C)C)COC)C1. The van der Waals surface area contributed by atoms with Crippen molar-refractivity contribution in [3.8, 4) is 0 Å². The predicted molar refractivity (Wildman–Crippen MR) is 79.6 cm³/mol. The quantitative estimate of drug-likeness (QED) is 0.765. The van der Waals surface area contributed by atoms with Crippen LogP contribution in [0.1, 0.15) is 33.6 Å². The van der Waals surface area contributed by atoms with Crippen LogP contribution in [-0.2, 0) is 9.47 Å². The molecule has 0 spiro atoms. The molecule has 0 aromatic rings. The van der Waals surface area contributed by atoms with Crippen LogP contribution >= 0.6 is 0 Å². The van der Waals surface area contributed by atoms with Crippen molar-refractivity contribution in [3.63, 3.8) is 0 Å². The Hall–Kier alpha value is -0.160. The van der Waals surface area contributed by atoms with Crippen LogP contribution in [0.4, 0.5) is 0 Å². The van der Waals surface area contributed by atoms with E-state index in [1.54, 1.807) is 14.2 Å². The molecular formula is C15H32N2O2. The van der Waals surface area contributed by atoms with E-state index in [9.17, 15) is 0 Å². The number of hydrogen-bond acceptors (Lipinski definition) is 4. The Balaban J connectivity index is 2.49. The molecule has 1 heterocycles. The van der Waals surface area contributed by atoms with E-state index in [-0.39, 0.29) is 5.54 Å². The van der Waals surface area contributed by atoms with Crippen molar-refractivity contribution >= 4 is 0 Å². The Kier molecular flexibility index (Phi) is 7.29. The summed E-state index contributed by atoms with van der Waals surface area (Å²) in [6, 6.07) is 0.462. The second-order valence-corrected chi connectivity index (χ2v) is 6.70. The van der Waals surface area contributed by atoms with Gasteiger partial charge in [-0.15, -0.1) is 0 Å². The normalized spacial score (nSPS) is 23.5. The fourth-order valence-corrected chi connectivity index (χ4v) is 2.71. The molecule has 4 heteroatoms. The summed E-state index contributed by atoms with van der Waals surface area (Å²) in [6.45, 7) is 11.6. The van der Waals surface area contributed by atoms with Crippen LogP contribution in [0.2, 0.25) is 0 Å². The number of rotatable bonds is 7. The van der Waals surface area contributed by atoms with E-state index in [2.05, 4.69) is 31.0 Å². The largest absolute Gasteiger partial charge is 0.384 e. The van der Waals surface area contributed by atoms with Crippen molar-refractivity contribution in [2.75, 3.05) is 47.1 Å². The number of hydrogen-bond donors (Lipinski definition) is 1. The van der Waals surface area contributed by atoms with E-state index in [1.165, 1.54) is 19.4 Å². The van der Waals surface area contributed by atoms with Gasteiger partial charge in [-0.05, 0) is 46.1 Å². The first-order chi connectivity index (χ1) is 8.96. The van der Waals surface area contributed by atoms with Crippen molar-refractivity contribution in [2.24, 2.45) is 5.92 Å². The maximum absolute atomic E-state index is 5.40. The molecule has 1 rings (SSSR count). The standard InChI is InChI=1S/C15H32N2O2/c1-15(2,3)16-9-14(12-19-5)17-8-6-7-13(10-17)11-18-4/h13-14,16H,6-12H2,1-5H3. The maximum atomic E-state index is 5.40. The van der Waals surface area contributed by atoms with Gasteiger partial charge in [0.1, 0.15) is 0 Å². The fourth-order valence-electron chi connectivity index (χ4n) is 2.71. The van der Waals surface area contributed by atoms with Gasteiger partial charge in [0, 0.05) is 38.9 Å². The minimum Gasteiger partial charge on any atom is -0.384 e. The van der Waals surface area contributed by atoms with E-state index in [0.29, 0.717) is 12.0 Å². The number of likely N-dealkylation sites (tertiary alicyclic amines) is 1. The van der Waals surface area contributed by atoms with Gasteiger partial charge in [0.05, 0.1) is 13.2 Å². The molecular weight excluding hydrogens is 240 g/mol. The highest BCUT2D eigenvalue weighted by Gasteiger charge is 2.26. The van der Waals surface area contributed by atoms with Crippen molar-refractivity contribution in [1.82, 2.24) is 10.2 Å². The zero-order chi connectivity index (χ0) is 14.3. The highest BCUT2D eigenvalue weighted by molar-refractivity contribution is 4.83. The molecule has 2 unspecified atom stereocenters. The highest BCUT2D eigenvalue weighted by atomic mass is 16.5. The molecule has 0 radical (unpaired) electrons. The molecule has 114 valence electrons. The average Bonchev–Trinajstić information content (AvgIpc) is 2.34. The monoisotopic (exact) mass is 272 g/mol. The lowest BCUT2D eigenvalue weighted by molar-refractivity contribution is 0.0344. The molecule has 1 aliphatic heterocycles. The van der Waals surface area contributed by atoms with Crippen LogP contribution in [0.25, 0.3) is 0 Å². The Morgan fingerprint density at radius 1 is 1.26 bits per heavy atom. The van der Waals surface area contributed by atoms with Crippen LogP contribution in [0, 0.1) is 5.92 Å². The Morgan fingerprint density at radius 3 is 2.58 bits per heavy atom. The van der Waals surface area contributed by atoms with Gasteiger partial charge in [-0.3, -0.25) is 4.90 Å². The number of ether oxygens (including phenoxy) is 2. The first kappa shape index (κ1) is 16.9. The van der Waals surface area contributed by atoms with Crippen LogP contribution in [0.5, 0.6) is 0 Å². The lowest BCUT2D eigenvalue weighted by Gasteiger charge is -2.39. The van der Waals surface area contributed by atoms with Crippen molar-refractivity contribution < 1.29 is 9.47 Å². The van der Waals surface area contributed by atoms with Crippen molar-refractivity contribution in [1.29, 1.82) is 0 Å². The molecule has 1 N–H and O–H groups in total. The van der Waals surface area contributed by atoms with Crippen LogP contribution in [0.15, 0.2) is 0 Å². The predicted octanol–water partition coefficient (Wildman–Crippen LogP) is 1.75. The zero-order valence-electron chi connectivity index (χ0n) is 13.4. The fraction of sp³-hybridized carbons (Fsp3) is 1.00. The lowest BCUT2D eigenvalue weighted by atomic mass is 9.97. The van der Waals surface area contributed by atoms with Gasteiger partial charge >= 0.3 is 0 Å². The van der Waals surface area contributed by atoms with Crippen LogP contribution in [-0.4, -0.2) is 63.5 Å². The van der Waals surface area contributed by atoms with Gasteiger partial charge in [0.2, 0.25) is 0 Å². The Labute approximate surface area is 118 Å². The van der Waals surface area contributed by atoms with Crippen LogP contribution < -0.4 is 5.32 Å². The molecule has 0 aromatic heterocycles. The summed E-state index contributed by atoms with van der Waals surface area (Å²) in [7, 11) is 3.59. The van der Waals surface area contributed by atoms with E-state index in [1.807, 2.05) is 0 Å². The summed E-state index contributed by atoms with van der Waals surface area (Å²) in [5.74, 6) is 0.674. The Morgan fingerprint density at radius 2 is 2.00 bits per heavy atom. The molecule has 0 aliphatic carbocycles. The number of piperidine rings is 1. The smallest absolute Gasteiger partial charge is 0.0630 e. The zero-order valence-corrected chi connectivity index (χ0v) is 13.4. The van der Waals surface area contributed by atoms with Gasteiger partial charge in [0.25, 0.3) is 0 Å². The second-order valence-electron chi connectivity index (χ2n) is 6.70. The van der Waals surface area contributed by atoms with Crippen molar-refractivity contribution in [3.05, 3.63) is 0 Å². The summed E-state index contributed by atoms with van der Waals surface area (Å²) in [6.07, 6.45) is 2.56. The topological polar surface area (TPSA) is 33.7 Å².